The first kappa shape index (κ1) is 17.7. The number of furan rings is 1. The van der Waals surface area contributed by atoms with Crippen LogP contribution >= 0.6 is 15.9 Å². The molecule has 2 aromatic carbocycles. The topological polar surface area (TPSA) is 63.8 Å². The molecule has 0 bridgehead atoms. The Hall–Kier alpha value is -3.38. The van der Waals surface area contributed by atoms with Gasteiger partial charge in [-0.1, -0.05) is 58.4 Å². The summed E-state index contributed by atoms with van der Waals surface area (Å²) in [5, 5.41) is 0. The van der Waals surface area contributed by atoms with E-state index in [9.17, 15) is 4.79 Å². The molecule has 0 spiro atoms. The lowest BCUT2D eigenvalue weighted by molar-refractivity contribution is 0.519. The molecule has 6 heteroatoms. The molecule has 3 aromatic rings. The molecule has 0 saturated heterocycles. The predicted octanol–water partition coefficient (Wildman–Crippen LogP) is 5.28. The molecular formula is C23H16BrN3O2. The molecule has 0 unspecified atom stereocenters. The number of nitrogens with zero attached hydrogens (tertiary/aromatic N) is 2. The third-order valence-corrected chi connectivity index (χ3v) is 5.34. The summed E-state index contributed by atoms with van der Waals surface area (Å²) in [6.45, 7) is 0. The molecule has 3 heterocycles. The van der Waals surface area contributed by atoms with Gasteiger partial charge in [-0.2, -0.15) is 0 Å². The second kappa shape index (κ2) is 7.22. The number of aromatic amines is 1. The van der Waals surface area contributed by atoms with Crippen molar-refractivity contribution >= 4 is 15.9 Å². The Morgan fingerprint density at radius 1 is 0.966 bits per heavy atom. The minimum absolute atomic E-state index is 0.138. The number of hydrogen-bond acceptors (Lipinski definition) is 3. The van der Waals surface area contributed by atoms with Gasteiger partial charge >= 0.3 is 0 Å². The van der Waals surface area contributed by atoms with Crippen molar-refractivity contribution in [1.82, 2.24) is 14.5 Å². The van der Waals surface area contributed by atoms with Crippen molar-refractivity contribution in [2.45, 2.75) is 6.42 Å². The van der Waals surface area contributed by atoms with Gasteiger partial charge in [-0.25, -0.2) is 4.98 Å². The largest absolute Gasteiger partial charge is 0.469 e. The summed E-state index contributed by atoms with van der Waals surface area (Å²) in [5.74, 6) is 1.31. The van der Waals surface area contributed by atoms with Gasteiger partial charge < -0.3 is 9.40 Å². The first-order chi connectivity index (χ1) is 14.2. The minimum atomic E-state index is -0.138. The van der Waals surface area contributed by atoms with E-state index in [4.69, 9.17) is 4.42 Å². The molecule has 5 nitrogen and oxygen atoms in total. The number of imidazole rings is 1. The monoisotopic (exact) mass is 445 g/mol. The third-order valence-electron chi connectivity index (χ3n) is 4.82. The highest BCUT2D eigenvalue weighted by atomic mass is 79.9. The van der Waals surface area contributed by atoms with Gasteiger partial charge in [-0.3, -0.25) is 9.36 Å². The Morgan fingerprint density at radius 3 is 2.48 bits per heavy atom. The first-order valence-corrected chi connectivity index (χ1v) is 9.96. The number of aromatic nitrogens is 3. The van der Waals surface area contributed by atoms with Crippen LogP contribution in [-0.2, 0) is 6.42 Å². The summed E-state index contributed by atoms with van der Waals surface area (Å²) in [6, 6.07) is 21.5. The Morgan fingerprint density at radius 2 is 1.76 bits per heavy atom. The van der Waals surface area contributed by atoms with Crippen LogP contribution in [0.2, 0.25) is 0 Å². The summed E-state index contributed by atoms with van der Waals surface area (Å²) in [4.78, 5) is 21.3. The van der Waals surface area contributed by atoms with Crippen molar-refractivity contribution < 1.29 is 4.42 Å². The van der Waals surface area contributed by atoms with Gasteiger partial charge in [0.15, 0.2) is 5.82 Å². The maximum absolute atomic E-state index is 13.1. The van der Waals surface area contributed by atoms with Crippen molar-refractivity contribution in [3.8, 4) is 28.3 Å². The summed E-state index contributed by atoms with van der Waals surface area (Å²) < 4.78 is 8.02. The number of hydrogen-bond donors (Lipinski definition) is 1. The molecule has 29 heavy (non-hydrogen) atoms. The lowest BCUT2D eigenvalue weighted by Gasteiger charge is -2.13. The quantitative estimate of drug-likeness (QED) is 0.409. The average molecular weight is 446 g/mol. The Kier molecular flexibility index (Phi) is 4.41. The van der Waals surface area contributed by atoms with E-state index in [1.807, 2.05) is 72.9 Å². The van der Waals surface area contributed by atoms with E-state index in [0.717, 1.165) is 27.0 Å². The van der Waals surface area contributed by atoms with E-state index in [2.05, 4.69) is 25.9 Å². The van der Waals surface area contributed by atoms with E-state index in [1.165, 1.54) is 0 Å². The number of fused-ring (bicyclic) bond motifs is 1. The lowest BCUT2D eigenvalue weighted by Crippen LogP contribution is -2.16. The summed E-state index contributed by atoms with van der Waals surface area (Å²) in [5.41, 5.74) is 3.90. The van der Waals surface area contributed by atoms with E-state index >= 15 is 0 Å². The zero-order valence-corrected chi connectivity index (χ0v) is 16.9. The Bertz CT molecular complexity index is 1290. The van der Waals surface area contributed by atoms with Gasteiger partial charge in [-0.15, -0.1) is 0 Å². The van der Waals surface area contributed by atoms with Gasteiger partial charge in [0.25, 0.3) is 5.56 Å². The highest BCUT2D eigenvalue weighted by Gasteiger charge is 2.21. The maximum Gasteiger partial charge on any atom is 0.278 e. The highest BCUT2D eigenvalue weighted by Crippen LogP contribution is 2.29. The molecule has 142 valence electrons. The van der Waals surface area contributed by atoms with Crippen LogP contribution in [0.3, 0.4) is 0 Å². The fraction of sp³-hybridized carbons (Fsp3) is 0.0435. The predicted molar refractivity (Wildman–Crippen MR) is 115 cm³/mol. The summed E-state index contributed by atoms with van der Waals surface area (Å²) in [6.07, 6.45) is 3.77. The molecule has 0 fully saturated rings. The molecular weight excluding hydrogens is 430 g/mol. The number of halogens is 1. The van der Waals surface area contributed by atoms with Gasteiger partial charge in [0.2, 0.25) is 0 Å². The van der Waals surface area contributed by atoms with Crippen LogP contribution in [0.1, 0.15) is 11.5 Å². The van der Waals surface area contributed by atoms with E-state index < -0.39 is 0 Å². The van der Waals surface area contributed by atoms with E-state index in [1.54, 1.807) is 10.8 Å². The van der Waals surface area contributed by atoms with Crippen molar-refractivity contribution in [3.05, 3.63) is 105 Å². The van der Waals surface area contributed by atoms with Crippen LogP contribution in [0.5, 0.6) is 0 Å². The molecule has 0 radical (unpaired) electrons. The molecule has 0 aliphatic carbocycles. The first-order valence-electron chi connectivity index (χ1n) is 9.17. The van der Waals surface area contributed by atoms with Crippen LogP contribution in [0.4, 0.5) is 0 Å². The fourth-order valence-corrected chi connectivity index (χ4v) is 3.65. The second-order valence-electron chi connectivity index (χ2n) is 6.73. The molecule has 1 N–H and O–H groups in total. The average Bonchev–Trinajstić information content (AvgIpc) is 3.37. The molecule has 2 aliphatic heterocycles. The van der Waals surface area contributed by atoms with Gasteiger partial charge in [0.05, 0.1) is 24.1 Å². The SMILES string of the molecule is O=c1c(Cc2ccco2)nc2c(-c3ccc(Br)cc3)[nH]c(-c3ccccc3)cn1-2. The van der Waals surface area contributed by atoms with Crippen molar-refractivity contribution in [2.24, 2.45) is 0 Å². The molecule has 0 atom stereocenters. The van der Waals surface area contributed by atoms with Gasteiger partial charge in [0.1, 0.15) is 11.5 Å². The number of nitrogens with one attached hydrogen (secondary N) is 1. The fourth-order valence-electron chi connectivity index (χ4n) is 3.39. The number of H-pyrrole nitrogens is 1. The summed E-state index contributed by atoms with van der Waals surface area (Å²) >= 11 is 3.48. The van der Waals surface area contributed by atoms with Crippen LogP contribution in [0.25, 0.3) is 28.3 Å². The standard InChI is InChI=1S/C23H16BrN3O2/c24-17-10-8-16(9-11-17)21-22-26-19(13-18-7-4-12-29-18)23(28)27(22)14-20(25-21)15-5-2-1-3-6-15/h1-12,14,25H,13H2. The smallest absolute Gasteiger partial charge is 0.278 e. The third kappa shape index (κ3) is 3.32. The maximum atomic E-state index is 13.1. The van der Waals surface area contributed by atoms with Crippen molar-refractivity contribution in [1.29, 1.82) is 0 Å². The number of rotatable bonds is 4. The molecule has 1 aromatic heterocycles. The van der Waals surface area contributed by atoms with Crippen LogP contribution in [0.15, 0.2) is 92.9 Å². The number of benzene rings is 2. The molecule has 2 aliphatic rings. The zero-order chi connectivity index (χ0) is 19.8. The van der Waals surface area contributed by atoms with Gasteiger partial charge in [0, 0.05) is 16.2 Å². The highest BCUT2D eigenvalue weighted by molar-refractivity contribution is 9.10. The van der Waals surface area contributed by atoms with Crippen molar-refractivity contribution in [2.75, 3.05) is 0 Å². The van der Waals surface area contributed by atoms with Crippen LogP contribution in [-0.4, -0.2) is 14.5 Å². The van der Waals surface area contributed by atoms with Crippen LogP contribution in [0, 0.1) is 0 Å². The lowest BCUT2D eigenvalue weighted by atomic mass is 10.1. The van der Waals surface area contributed by atoms with Crippen LogP contribution < -0.4 is 5.56 Å². The van der Waals surface area contributed by atoms with Gasteiger partial charge in [-0.05, 0) is 29.8 Å². The van der Waals surface area contributed by atoms with Crippen molar-refractivity contribution in [3.63, 3.8) is 0 Å². The Balaban J connectivity index is 1.74. The zero-order valence-electron chi connectivity index (χ0n) is 15.3. The summed E-state index contributed by atoms with van der Waals surface area (Å²) in [7, 11) is 0. The van der Waals surface area contributed by atoms with E-state index in [0.29, 0.717) is 23.7 Å². The molecule has 5 rings (SSSR count). The molecule has 0 saturated carbocycles. The minimum Gasteiger partial charge on any atom is -0.469 e. The Labute approximate surface area is 175 Å². The second-order valence-corrected chi connectivity index (χ2v) is 7.64. The van der Waals surface area contributed by atoms with E-state index in [-0.39, 0.29) is 5.56 Å². The molecule has 0 amide bonds. The normalized spacial score (nSPS) is 11.2.